The summed E-state index contributed by atoms with van der Waals surface area (Å²) in [4.78, 5) is 29.4. The summed E-state index contributed by atoms with van der Waals surface area (Å²) >= 11 is 1.87. The van der Waals surface area contributed by atoms with E-state index < -0.39 is 11.9 Å². The van der Waals surface area contributed by atoms with Gasteiger partial charge in [-0.1, -0.05) is 0 Å². The van der Waals surface area contributed by atoms with E-state index in [1.807, 2.05) is 0 Å². The maximum absolute atomic E-state index is 10.9. The topological polar surface area (TPSA) is 100 Å². The van der Waals surface area contributed by atoms with Crippen molar-refractivity contribution in [3.63, 3.8) is 0 Å². The molecule has 0 saturated heterocycles. The van der Waals surface area contributed by atoms with Gasteiger partial charge in [0.05, 0.1) is 11.0 Å². The predicted octanol–water partition coefficient (Wildman–Crippen LogP) is 1.66. The molecule has 0 fully saturated rings. The van der Waals surface area contributed by atoms with Gasteiger partial charge in [-0.2, -0.15) is 0 Å². The van der Waals surface area contributed by atoms with Gasteiger partial charge in [0.15, 0.2) is 0 Å². The normalized spacial score (nSPS) is 10.2. The highest BCUT2D eigenvalue weighted by Gasteiger charge is 2.22. The number of nitrogens with zero attached hydrogens (tertiary/aromatic N) is 2. The van der Waals surface area contributed by atoms with Crippen molar-refractivity contribution in [2.24, 2.45) is 0 Å². The molecule has 2 aromatic heterocycles. The lowest BCUT2D eigenvalue weighted by Crippen LogP contribution is -2.00. The number of aromatic carboxylic acids is 2. The largest absolute Gasteiger partial charge is 0.477 e. The van der Waals surface area contributed by atoms with Gasteiger partial charge >= 0.3 is 11.9 Å². The minimum Gasteiger partial charge on any atom is -0.477 e. The quantitative estimate of drug-likeness (QED) is 0.866. The molecule has 0 aromatic carbocycles. The molecule has 0 aliphatic heterocycles. The van der Waals surface area contributed by atoms with Gasteiger partial charge in [-0.25, -0.2) is 19.6 Å². The Bertz CT molecular complexity index is 510. The first-order valence-corrected chi connectivity index (χ1v) is 5.71. The van der Waals surface area contributed by atoms with E-state index in [0.29, 0.717) is 0 Å². The van der Waals surface area contributed by atoms with E-state index in [1.165, 1.54) is 11.0 Å². The SMILES string of the molecule is O=C(O)c1scnc1-c1ncsc1C(=O)O. The molecule has 0 spiro atoms. The smallest absolute Gasteiger partial charge is 0.348 e. The van der Waals surface area contributed by atoms with Crippen molar-refractivity contribution in [2.45, 2.75) is 0 Å². The molecule has 2 aromatic rings. The minimum atomic E-state index is -1.14. The summed E-state index contributed by atoms with van der Waals surface area (Å²) in [5.41, 5.74) is 2.92. The number of thiazole rings is 2. The van der Waals surface area contributed by atoms with Crippen LogP contribution >= 0.6 is 22.7 Å². The molecule has 0 bridgehead atoms. The Balaban J connectivity index is 2.59. The summed E-state index contributed by atoms with van der Waals surface area (Å²) in [6.45, 7) is 0. The van der Waals surface area contributed by atoms with Crippen molar-refractivity contribution in [1.82, 2.24) is 9.97 Å². The average molecular weight is 256 g/mol. The predicted molar refractivity (Wildman–Crippen MR) is 57.1 cm³/mol. The van der Waals surface area contributed by atoms with Crippen LogP contribution < -0.4 is 0 Å². The van der Waals surface area contributed by atoms with Gasteiger partial charge in [-0.3, -0.25) is 0 Å². The number of hydrogen-bond donors (Lipinski definition) is 2. The number of hydrogen-bond acceptors (Lipinski definition) is 6. The van der Waals surface area contributed by atoms with Gasteiger partial charge in [0.2, 0.25) is 0 Å². The lowest BCUT2D eigenvalue weighted by atomic mass is 10.2. The van der Waals surface area contributed by atoms with E-state index in [9.17, 15) is 9.59 Å². The summed E-state index contributed by atoms with van der Waals surface area (Å²) in [6.07, 6.45) is 0. The molecule has 2 heterocycles. The summed E-state index contributed by atoms with van der Waals surface area (Å²) in [5.74, 6) is -2.27. The number of carbonyl (C=O) groups is 2. The standard InChI is InChI=1S/C8H4N2O4S2/c11-7(12)5-3(9-1-15-5)4-6(8(13)14)16-2-10-4/h1-2H,(H,11,12)(H,13,14). The van der Waals surface area contributed by atoms with Gasteiger partial charge in [-0.15, -0.1) is 22.7 Å². The van der Waals surface area contributed by atoms with Crippen LogP contribution in [0.3, 0.4) is 0 Å². The highest BCUT2D eigenvalue weighted by molar-refractivity contribution is 7.13. The van der Waals surface area contributed by atoms with Crippen molar-refractivity contribution >= 4 is 34.6 Å². The molecule has 0 radical (unpaired) electrons. The molecule has 0 unspecified atom stereocenters. The second kappa shape index (κ2) is 3.99. The molecule has 0 atom stereocenters. The van der Waals surface area contributed by atoms with Gasteiger partial charge in [0.1, 0.15) is 21.1 Å². The second-order valence-corrected chi connectivity index (χ2v) is 4.38. The first kappa shape index (κ1) is 10.7. The average Bonchev–Trinajstić information content (AvgIpc) is 2.85. The summed E-state index contributed by atoms with van der Waals surface area (Å²) in [7, 11) is 0. The molecule has 16 heavy (non-hydrogen) atoms. The Morgan fingerprint density at radius 3 is 1.62 bits per heavy atom. The lowest BCUT2D eigenvalue weighted by molar-refractivity contribution is 0.0689. The van der Waals surface area contributed by atoms with Gasteiger partial charge in [0, 0.05) is 0 Å². The third-order valence-corrected chi connectivity index (χ3v) is 3.38. The van der Waals surface area contributed by atoms with Gasteiger partial charge in [0.25, 0.3) is 0 Å². The Hall–Kier alpha value is -1.80. The van der Waals surface area contributed by atoms with Crippen molar-refractivity contribution in [3.05, 3.63) is 20.8 Å². The molecule has 6 nitrogen and oxygen atoms in total. The number of rotatable bonds is 3. The zero-order chi connectivity index (χ0) is 11.7. The summed E-state index contributed by atoms with van der Waals surface area (Å²) < 4.78 is 0. The van der Waals surface area contributed by atoms with Gasteiger partial charge < -0.3 is 10.2 Å². The monoisotopic (exact) mass is 256 g/mol. The first-order chi connectivity index (χ1) is 7.61. The van der Waals surface area contributed by atoms with E-state index in [1.54, 1.807) is 0 Å². The fraction of sp³-hybridized carbons (Fsp3) is 0. The molecule has 2 N–H and O–H groups in total. The van der Waals surface area contributed by atoms with Crippen LogP contribution in [0.5, 0.6) is 0 Å². The molecule has 0 aliphatic carbocycles. The van der Waals surface area contributed by atoms with E-state index in [4.69, 9.17) is 10.2 Å². The number of carboxylic acids is 2. The Morgan fingerprint density at radius 1 is 0.938 bits per heavy atom. The van der Waals surface area contributed by atoms with E-state index >= 15 is 0 Å². The van der Waals surface area contributed by atoms with Crippen LogP contribution in [-0.2, 0) is 0 Å². The van der Waals surface area contributed by atoms with Crippen molar-refractivity contribution in [3.8, 4) is 11.4 Å². The highest BCUT2D eigenvalue weighted by atomic mass is 32.1. The molecule has 82 valence electrons. The maximum Gasteiger partial charge on any atom is 0.348 e. The third-order valence-electron chi connectivity index (χ3n) is 1.75. The minimum absolute atomic E-state index is 0.00611. The zero-order valence-corrected chi connectivity index (χ0v) is 9.21. The highest BCUT2D eigenvalue weighted by Crippen LogP contribution is 2.29. The Labute approximate surface area is 96.8 Å². The van der Waals surface area contributed by atoms with E-state index in [0.717, 1.165) is 22.7 Å². The van der Waals surface area contributed by atoms with Crippen molar-refractivity contribution in [1.29, 1.82) is 0 Å². The first-order valence-electron chi connectivity index (χ1n) is 3.95. The second-order valence-electron chi connectivity index (χ2n) is 2.67. The third kappa shape index (κ3) is 1.68. The Kier molecular flexibility index (Phi) is 2.67. The lowest BCUT2D eigenvalue weighted by Gasteiger charge is -1.95. The zero-order valence-electron chi connectivity index (χ0n) is 7.58. The van der Waals surface area contributed by atoms with Crippen LogP contribution in [0.1, 0.15) is 19.3 Å². The molecule has 0 amide bonds. The van der Waals surface area contributed by atoms with Crippen LogP contribution in [0, 0.1) is 0 Å². The van der Waals surface area contributed by atoms with Crippen molar-refractivity contribution in [2.75, 3.05) is 0 Å². The van der Waals surface area contributed by atoms with Crippen LogP contribution in [-0.4, -0.2) is 32.1 Å². The summed E-state index contributed by atoms with van der Waals surface area (Å²) in [6, 6.07) is 0. The maximum atomic E-state index is 10.9. The van der Waals surface area contributed by atoms with Crippen LogP contribution in [0.25, 0.3) is 11.4 Å². The summed E-state index contributed by atoms with van der Waals surface area (Å²) in [5, 5.41) is 17.8. The van der Waals surface area contributed by atoms with Crippen LogP contribution in [0.4, 0.5) is 0 Å². The molecular formula is C8H4N2O4S2. The van der Waals surface area contributed by atoms with E-state index in [-0.39, 0.29) is 21.1 Å². The molecule has 0 aliphatic rings. The fourth-order valence-corrected chi connectivity index (χ4v) is 2.38. The van der Waals surface area contributed by atoms with Crippen LogP contribution in [0.15, 0.2) is 11.0 Å². The molecule has 0 saturated carbocycles. The van der Waals surface area contributed by atoms with Gasteiger partial charge in [-0.05, 0) is 0 Å². The number of aromatic nitrogens is 2. The Morgan fingerprint density at radius 2 is 1.31 bits per heavy atom. The molecular weight excluding hydrogens is 252 g/mol. The van der Waals surface area contributed by atoms with E-state index in [2.05, 4.69) is 9.97 Å². The molecule has 8 heteroatoms. The van der Waals surface area contributed by atoms with Crippen molar-refractivity contribution < 1.29 is 19.8 Å². The fourth-order valence-electron chi connectivity index (χ4n) is 1.13. The molecule has 2 rings (SSSR count). The van der Waals surface area contributed by atoms with Crippen LogP contribution in [0.2, 0.25) is 0 Å². The number of carboxylic acid groups (broad SMARTS) is 2.